The minimum atomic E-state index is 0.431. The van der Waals surface area contributed by atoms with Crippen molar-refractivity contribution < 1.29 is 4.74 Å². The van der Waals surface area contributed by atoms with Gasteiger partial charge in [-0.05, 0) is 12.8 Å². The summed E-state index contributed by atoms with van der Waals surface area (Å²) in [4.78, 5) is 12.8. The topological polar surface area (TPSA) is 101 Å². The maximum absolute atomic E-state index is 6.00. The summed E-state index contributed by atoms with van der Waals surface area (Å²) in [6.07, 6.45) is 11.5. The van der Waals surface area contributed by atoms with Gasteiger partial charge in [0, 0.05) is 33.7 Å². The molecule has 1 fully saturated rings. The van der Waals surface area contributed by atoms with E-state index in [2.05, 4.69) is 36.0 Å². The lowest BCUT2D eigenvalue weighted by Gasteiger charge is -2.17. The van der Waals surface area contributed by atoms with Crippen LogP contribution in [0.15, 0.2) is 17.5 Å². The van der Waals surface area contributed by atoms with Crippen molar-refractivity contribution in [1.29, 1.82) is 0 Å². The number of guanidine groups is 1. The molecule has 0 aliphatic heterocycles. The van der Waals surface area contributed by atoms with Gasteiger partial charge >= 0.3 is 0 Å². The molecule has 0 bridgehead atoms. The van der Waals surface area contributed by atoms with E-state index in [0.29, 0.717) is 19.3 Å². The number of nitrogens with one attached hydrogen (secondary N) is 3. The Hall–Kier alpha value is -2.42. The smallest absolute Gasteiger partial charge is 0.191 e. The second-order valence-electron chi connectivity index (χ2n) is 7.06. The number of rotatable bonds is 8. The zero-order valence-corrected chi connectivity index (χ0v) is 16.9. The fourth-order valence-electron chi connectivity index (χ4n) is 3.49. The van der Waals surface area contributed by atoms with Gasteiger partial charge in [0.1, 0.15) is 12.1 Å². The number of hydrogen-bond donors (Lipinski definition) is 3. The number of nitrogens with zero attached hydrogens (tertiary/aromatic N) is 5. The summed E-state index contributed by atoms with van der Waals surface area (Å²) < 4.78 is 7.74. The van der Waals surface area contributed by atoms with Gasteiger partial charge in [-0.1, -0.05) is 25.7 Å². The molecule has 3 rings (SSSR count). The Morgan fingerprint density at radius 1 is 1.14 bits per heavy atom. The molecule has 9 nitrogen and oxygen atoms in total. The van der Waals surface area contributed by atoms with Crippen LogP contribution in [0.5, 0.6) is 0 Å². The first-order valence-electron chi connectivity index (χ1n) is 10.2. The van der Waals surface area contributed by atoms with Gasteiger partial charge in [0.2, 0.25) is 0 Å². The van der Waals surface area contributed by atoms with Crippen molar-refractivity contribution in [3.8, 4) is 0 Å². The average Bonchev–Trinajstić information content (AvgIpc) is 2.92. The van der Waals surface area contributed by atoms with Crippen LogP contribution < -0.4 is 16.0 Å². The lowest BCUT2D eigenvalue weighted by molar-refractivity contribution is 0.0468. The van der Waals surface area contributed by atoms with E-state index in [1.807, 2.05) is 7.05 Å². The molecular formula is C19H32N8O. The highest BCUT2D eigenvalue weighted by molar-refractivity contribution is 5.86. The number of ether oxygens (including phenoxy) is 1. The highest BCUT2D eigenvalue weighted by Gasteiger charge is 2.12. The lowest BCUT2D eigenvalue weighted by Crippen LogP contribution is -2.41. The number of aromatic nitrogens is 4. The Morgan fingerprint density at radius 3 is 2.71 bits per heavy atom. The van der Waals surface area contributed by atoms with Crippen LogP contribution in [0.4, 0.5) is 5.82 Å². The van der Waals surface area contributed by atoms with Crippen molar-refractivity contribution >= 4 is 22.8 Å². The molecule has 1 saturated carbocycles. The third-order valence-electron chi connectivity index (χ3n) is 5.01. The highest BCUT2D eigenvalue weighted by Crippen LogP contribution is 2.19. The molecule has 0 amide bonds. The summed E-state index contributed by atoms with van der Waals surface area (Å²) in [6.45, 7) is 2.89. The van der Waals surface area contributed by atoms with E-state index in [4.69, 9.17) is 4.74 Å². The molecule has 0 atom stereocenters. The minimum Gasteiger partial charge on any atom is -0.376 e. The fourth-order valence-corrected chi connectivity index (χ4v) is 3.49. The van der Waals surface area contributed by atoms with Crippen molar-refractivity contribution in [2.45, 2.75) is 44.6 Å². The van der Waals surface area contributed by atoms with Gasteiger partial charge in [-0.15, -0.1) is 0 Å². The van der Waals surface area contributed by atoms with Gasteiger partial charge in [-0.2, -0.15) is 5.10 Å². The molecule has 2 aromatic heterocycles. The summed E-state index contributed by atoms with van der Waals surface area (Å²) >= 11 is 0. The Morgan fingerprint density at radius 2 is 1.93 bits per heavy atom. The maximum atomic E-state index is 6.00. The van der Waals surface area contributed by atoms with E-state index in [9.17, 15) is 0 Å². The van der Waals surface area contributed by atoms with Crippen LogP contribution in [0.1, 0.15) is 38.5 Å². The Bertz CT molecular complexity index is 751. The third kappa shape index (κ3) is 5.79. The van der Waals surface area contributed by atoms with Crippen molar-refractivity contribution in [2.75, 3.05) is 38.6 Å². The predicted molar refractivity (Wildman–Crippen MR) is 112 cm³/mol. The second-order valence-corrected chi connectivity index (χ2v) is 7.06. The van der Waals surface area contributed by atoms with Crippen LogP contribution in [-0.2, 0) is 11.8 Å². The van der Waals surface area contributed by atoms with E-state index < -0.39 is 0 Å². The minimum absolute atomic E-state index is 0.431. The van der Waals surface area contributed by atoms with Crippen LogP contribution in [0, 0.1) is 0 Å². The van der Waals surface area contributed by atoms with Crippen molar-refractivity contribution in [1.82, 2.24) is 30.4 Å². The molecule has 0 spiro atoms. The Balaban J connectivity index is 1.33. The molecule has 2 heterocycles. The first-order chi connectivity index (χ1) is 13.8. The monoisotopic (exact) mass is 388 g/mol. The van der Waals surface area contributed by atoms with Crippen LogP contribution in [-0.4, -0.2) is 65.1 Å². The molecule has 0 radical (unpaired) electrons. The predicted octanol–water partition coefficient (Wildman–Crippen LogP) is 1.68. The fraction of sp³-hybridized carbons (Fsp3) is 0.684. The van der Waals surface area contributed by atoms with Gasteiger partial charge in [-0.25, -0.2) is 9.97 Å². The first kappa shape index (κ1) is 20.3. The summed E-state index contributed by atoms with van der Waals surface area (Å²) in [5.41, 5.74) is 0.816. The zero-order valence-electron chi connectivity index (χ0n) is 16.9. The second kappa shape index (κ2) is 10.8. The van der Waals surface area contributed by atoms with Crippen molar-refractivity contribution in [3.05, 3.63) is 12.5 Å². The van der Waals surface area contributed by atoms with E-state index in [-0.39, 0.29) is 0 Å². The molecule has 0 unspecified atom stereocenters. The van der Waals surface area contributed by atoms with Crippen molar-refractivity contribution in [2.24, 2.45) is 12.0 Å². The molecule has 3 N–H and O–H groups in total. The van der Waals surface area contributed by atoms with Gasteiger partial charge < -0.3 is 20.7 Å². The van der Waals surface area contributed by atoms with Crippen LogP contribution >= 0.6 is 0 Å². The van der Waals surface area contributed by atoms with E-state index >= 15 is 0 Å². The molecule has 2 aromatic rings. The molecule has 154 valence electrons. The third-order valence-corrected chi connectivity index (χ3v) is 5.01. The quantitative estimate of drug-likeness (QED) is 0.274. The van der Waals surface area contributed by atoms with Crippen LogP contribution in [0.25, 0.3) is 11.0 Å². The van der Waals surface area contributed by atoms with Gasteiger partial charge in [-0.3, -0.25) is 9.67 Å². The average molecular weight is 389 g/mol. The maximum Gasteiger partial charge on any atom is 0.191 e. The molecule has 28 heavy (non-hydrogen) atoms. The summed E-state index contributed by atoms with van der Waals surface area (Å²) in [5.74, 6) is 1.57. The molecule has 1 aliphatic carbocycles. The number of fused-ring (bicyclic) bond motifs is 1. The summed E-state index contributed by atoms with van der Waals surface area (Å²) in [5, 5.41) is 15.1. The first-order valence-corrected chi connectivity index (χ1v) is 10.2. The molecule has 1 aliphatic rings. The zero-order chi connectivity index (χ0) is 19.6. The van der Waals surface area contributed by atoms with E-state index in [0.717, 1.165) is 35.9 Å². The molecule has 9 heteroatoms. The lowest BCUT2D eigenvalue weighted by atomic mass is 10.1. The summed E-state index contributed by atoms with van der Waals surface area (Å²) in [7, 11) is 3.65. The van der Waals surface area contributed by atoms with Gasteiger partial charge in [0.05, 0.1) is 24.3 Å². The summed E-state index contributed by atoms with van der Waals surface area (Å²) in [6, 6.07) is 0. The molecule has 0 aromatic carbocycles. The molecule has 0 saturated heterocycles. The van der Waals surface area contributed by atoms with E-state index in [1.54, 1.807) is 24.3 Å². The van der Waals surface area contributed by atoms with Gasteiger partial charge in [0.25, 0.3) is 0 Å². The standard InChI is InChI=1S/C19H32N8O/c1-20-19(23-11-12-28-15-7-5-3-4-6-8-15)22-10-9-21-17-16-13-26-27(2)18(16)25-14-24-17/h13-15H,3-12H2,1-2H3,(H2,20,22,23)(H,21,24,25). The largest absolute Gasteiger partial charge is 0.376 e. The number of anilines is 1. The SMILES string of the molecule is CN=C(NCCNc1ncnc2c1cnn2C)NCCOC1CCCCCC1. The van der Waals surface area contributed by atoms with Crippen molar-refractivity contribution in [3.63, 3.8) is 0 Å². The Labute approximate surface area is 166 Å². The molecular weight excluding hydrogens is 356 g/mol. The number of aryl methyl sites for hydroxylation is 1. The normalized spacial score (nSPS) is 16.1. The number of hydrogen-bond acceptors (Lipinski definition) is 6. The van der Waals surface area contributed by atoms with E-state index in [1.165, 1.54) is 38.5 Å². The number of aliphatic imine (C=N–C) groups is 1. The van der Waals surface area contributed by atoms with Crippen LogP contribution in [0.2, 0.25) is 0 Å². The Kier molecular flexibility index (Phi) is 7.83. The van der Waals surface area contributed by atoms with Crippen LogP contribution in [0.3, 0.4) is 0 Å². The highest BCUT2D eigenvalue weighted by atomic mass is 16.5. The van der Waals surface area contributed by atoms with Gasteiger partial charge in [0.15, 0.2) is 11.6 Å².